The first-order valence-electron chi connectivity index (χ1n) is 13.7. The van der Waals surface area contributed by atoms with Gasteiger partial charge >= 0.3 is 0 Å². The minimum atomic E-state index is -0.00263. The lowest BCUT2D eigenvalue weighted by molar-refractivity contribution is 0.554. The van der Waals surface area contributed by atoms with Crippen molar-refractivity contribution < 1.29 is 0 Å². The number of nitrogens with zero attached hydrogens (tertiary/aromatic N) is 1. The van der Waals surface area contributed by atoms with Crippen molar-refractivity contribution in [2.24, 2.45) is 0 Å². The molecule has 1 nitrogen and oxygen atoms in total. The molecule has 3 aromatic carbocycles. The van der Waals surface area contributed by atoms with Gasteiger partial charge in [-0.3, -0.25) is 0 Å². The van der Waals surface area contributed by atoms with Gasteiger partial charge in [0, 0.05) is 30.7 Å². The molecule has 2 heteroatoms. The van der Waals surface area contributed by atoms with Crippen molar-refractivity contribution in [2.45, 2.75) is 78.6 Å². The fourth-order valence-electron chi connectivity index (χ4n) is 4.24. The third-order valence-corrected chi connectivity index (χ3v) is 8.00. The van der Waals surface area contributed by atoms with E-state index in [-0.39, 0.29) is 16.2 Å². The van der Waals surface area contributed by atoms with Crippen molar-refractivity contribution in [3.8, 4) is 23.7 Å². The molecule has 0 bridgehead atoms. The Kier molecular flexibility index (Phi) is 9.22. The molecule has 0 spiro atoms. The first-order valence-corrected chi connectivity index (χ1v) is 14.6. The van der Waals surface area contributed by atoms with Gasteiger partial charge in [0.1, 0.15) is 0 Å². The van der Waals surface area contributed by atoms with E-state index in [4.69, 9.17) is 0 Å². The molecule has 0 saturated heterocycles. The van der Waals surface area contributed by atoms with E-state index < -0.39 is 0 Å². The van der Waals surface area contributed by atoms with Gasteiger partial charge in [-0.15, -0.1) is 0 Å². The summed E-state index contributed by atoms with van der Waals surface area (Å²) >= 11 is 0. The van der Waals surface area contributed by atoms with E-state index in [0.717, 1.165) is 30.3 Å². The molecule has 0 radical (unpaired) electrons. The summed E-state index contributed by atoms with van der Waals surface area (Å²) in [5.41, 5.74) is 7.50. The highest BCUT2D eigenvalue weighted by atomic mass is 31.1. The van der Waals surface area contributed by atoms with Crippen molar-refractivity contribution in [2.75, 3.05) is 19.0 Å². The molecular weight excluding hydrogens is 489 g/mol. The van der Waals surface area contributed by atoms with Crippen LogP contribution < -0.4 is 10.2 Å². The highest BCUT2D eigenvalue weighted by Gasteiger charge is 2.28. The number of rotatable bonds is 3. The van der Waals surface area contributed by atoms with Crippen molar-refractivity contribution >= 4 is 24.5 Å². The van der Waals surface area contributed by atoms with Crippen LogP contribution in [0.4, 0.5) is 5.69 Å². The van der Waals surface area contributed by atoms with E-state index in [1.54, 1.807) is 0 Å². The Morgan fingerprint density at radius 1 is 0.667 bits per heavy atom. The zero-order valence-electron chi connectivity index (χ0n) is 25.7. The zero-order chi connectivity index (χ0) is 29.0. The monoisotopic (exact) mass is 533 g/mol. The maximum absolute atomic E-state index is 3.46. The summed E-state index contributed by atoms with van der Waals surface area (Å²) in [6.45, 7) is 20.8. The van der Waals surface area contributed by atoms with Crippen molar-refractivity contribution in [3.05, 3.63) is 94.5 Å². The van der Waals surface area contributed by atoms with Gasteiger partial charge in [-0.2, -0.15) is 0 Å². The van der Waals surface area contributed by atoms with E-state index >= 15 is 0 Å². The van der Waals surface area contributed by atoms with E-state index in [0.29, 0.717) is 0 Å². The van der Waals surface area contributed by atoms with Gasteiger partial charge in [0.15, 0.2) is 0 Å². The molecule has 39 heavy (non-hydrogen) atoms. The second-order valence-electron chi connectivity index (χ2n) is 13.4. The maximum atomic E-state index is 3.46. The molecule has 0 N–H and O–H groups in total. The molecule has 0 unspecified atom stereocenters. The van der Waals surface area contributed by atoms with Crippen LogP contribution in [0, 0.1) is 23.7 Å². The van der Waals surface area contributed by atoms with Gasteiger partial charge in [-0.05, 0) is 88.7 Å². The lowest BCUT2D eigenvalue weighted by atomic mass is 9.75. The molecule has 0 amide bonds. The molecule has 3 rings (SSSR count). The number of hydrogen-bond donors (Lipinski definition) is 0. The number of anilines is 1. The fourth-order valence-corrected chi connectivity index (χ4v) is 5.90. The van der Waals surface area contributed by atoms with Gasteiger partial charge < -0.3 is 4.90 Å². The highest BCUT2D eigenvalue weighted by molar-refractivity contribution is 7.50. The Hall–Kier alpha value is -3.25. The average Bonchev–Trinajstić information content (AvgIpc) is 2.84. The highest BCUT2D eigenvalue weighted by Crippen LogP contribution is 2.35. The molecule has 0 aliphatic carbocycles. The summed E-state index contributed by atoms with van der Waals surface area (Å²) in [7, 11) is 5.20. The van der Waals surface area contributed by atoms with Crippen LogP contribution >= 0.6 is 8.20 Å². The summed E-state index contributed by atoms with van der Waals surface area (Å²) in [5.74, 6) is 13.0. The smallest absolute Gasteiger partial charge is 0.0605 e. The summed E-state index contributed by atoms with van der Waals surface area (Å²) in [5, 5.41) is 2.44. The first-order chi connectivity index (χ1) is 18.1. The van der Waals surface area contributed by atoms with Gasteiger partial charge in [0.05, 0.1) is 5.29 Å². The minimum absolute atomic E-state index is 0.00263. The van der Waals surface area contributed by atoms with Gasteiger partial charge in [0.2, 0.25) is 0 Å². The maximum Gasteiger partial charge on any atom is 0.0605 e. The third-order valence-electron chi connectivity index (χ3n) is 6.70. The second-order valence-corrected chi connectivity index (χ2v) is 14.6. The Bertz CT molecular complexity index is 1410. The van der Waals surface area contributed by atoms with Crippen LogP contribution in [0.3, 0.4) is 0 Å². The Balaban J connectivity index is 2.23. The number of hydrogen-bond acceptors (Lipinski definition) is 1. The van der Waals surface area contributed by atoms with Crippen molar-refractivity contribution in [1.29, 1.82) is 0 Å². The zero-order valence-corrected chi connectivity index (χ0v) is 26.6. The largest absolute Gasteiger partial charge is 0.378 e. The van der Waals surface area contributed by atoms with Crippen LogP contribution in [-0.2, 0) is 16.2 Å². The van der Waals surface area contributed by atoms with E-state index in [1.807, 2.05) is 26.2 Å². The van der Waals surface area contributed by atoms with Crippen molar-refractivity contribution in [1.82, 2.24) is 0 Å². The molecule has 3 aromatic rings. The Morgan fingerprint density at radius 3 is 1.67 bits per heavy atom. The van der Waals surface area contributed by atoms with Gasteiger partial charge in [0.25, 0.3) is 0 Å². The molecule has 202 valence electrons. The lowest BCUT2D eigenvalue weighted by Crippen LogP contribution is -2.30. The molecule has 0 fully saturated rings. The van der Waals surface area contributed by atoms with Crippen LogP contribution in [0.2, 0.25) is 0 Å². The van der Waals surface area contributed by atoms with E-state index in [2.05, 4.69) is 145 Å². The quantitative estimate of drug-likeness (QED) is 0.241. The van der Waals surface area contributed by atoms with Gasteiger partial charge in [-0.25, -0.2) is 0 Å². The molecule has 0 aliphatic rings. The molecule has 0 heterocycles. The van der Waals surface area contributed by atoms with Crippen LogP contribution in [0.25, 0.3) is 0 Å². The second kappa shape index (κ2) is 11.9. The van der Waals surface area contributed by atoms with E-state index in [1.165, 1.54) is 22.0 Å². The Labute approximate surface area is 239 Å². The molecule has 0 saturated carbocycles. The SMILES string of the molecule is CN(C)c1ccc(C#CC#CC(=Pc2c(C(C)(C)C)cc(C(C)(C)C)cc2C(C)(C)C)c2ccccc2)cc1. The number of benzene rings is 3. The summed E-state index contributed by atoms with van der Waals surface area (Å²) < 4.78 is 0. The van der Waals surface area contributed by atoms with Crippen LogP contribution in [0.5, 0.6) is 0 Å². The molecule has 0 atom stereocenters. The molecule has 0 aromatic heterocycles. The third kappa shape index (κ3) is 8.12. The summed E-state index contributed by atoms with van der Waals surface area (Å²) in [6, 6.07) is 23.7. The van der Waals surface area contributed by atoms with Crippen LogP contribution in [-0.4, -0.2) is 19.4 Å². The van der Waals surface area contributed by atoms with Gasteiger partial charge in [-0.1, -0.05) is 111 Å². The normalized spacial score (nSPS) is 12.2. The summed E-state index contributed by atoms with van der Waals surface area (Å²) in [4.78, 5) is 2.09. The average molecular weight is 534 g/mol. The standard InChI is InChI=1S/C37H44NP/c1-35(2,3)29-25-31(36(4,5)6)34(32(26-29)37(7,8)9)39-33(28-18-13-12-14-19-28)20-16-15-17-27-21-23-30(24-22-27)38(10)11/h12-14,18-19,21-26H,1-11H3. The van der Waals surface area contributed by atoms with Crippen LogP contribution in [0.1, 0.15) is 90.1 Å². The lowest BCUT2D eigenvalue weighted by Gasteiger charge is -2.32. The Morgan fingerprint density at radius 2 is 1.21 bits per heavy atom. The summed E-state index contributed by atoms with van der Waals surface area (Å²) in [6.07, 6.45) is 0. The van der Waals surface area contributed by atoms with Crippen LogP contribution in [0.15, 0.2) is 66.7 Å². The molecular formula is C37H44NP. The topological polar surface area (TPSA) is 3.24 Å². The van der Waals surface area contributed by atoms with Crippen molar-refractivity contribution in [3.63, 3.8) is 0 Å². The fraction of sp³-hybridized carbons (Fsp3) is 0.378. The van der Waals surface area contributed by atoms with E-state index in [9.17, 15) is 0 Å². The predicted molar refractivity (Wildman–Crippen MR) is 175 cm³/mol. The minimum Gasteiger partial charge on any atom is -0.378 e. The predicted octanol–water partition coefficient (Wildman–Crippen LogP) is 8.49. The molecule has 0 aliphatic heterocycles. The first kappa shape index (κ1) is 30.3.